The Morgan fingerprint density at radius 1 is 0.958 bits per heavy atom. The molecule has 2 aliphatic heterocycles. The first kappa shape index (κ1) is 33.6. The van der Waals surface area contributed by atoms with Crippen LogP contribution in [0.25, 0.3) is 0 Å². The zero-order valence-electron chi connectivity index (χ0n) is 27.6. The van der Waals surface area contributed by atoms with Crippen LogP contribution in [0.5, 0.6) is 5.75 Å². The van der Waals surface area contributed by atoms with Gasteiger partial charge in [0.25, 0.3) is 5.91 Å². The number of carbonyl (C=O) groups is 3. The molecule has 8 nitrogen and oxygen atoms in total. The molecule has 6 rings (SSSR count). The zero-order chi connectivity index (χ0) is 33.6. The molecule has 250 valence electrons. The van der Waals surface area contributed by atoms with Crippen molar-refractivity contribution >= 4 is 28.9 Å². The van der Waals surface area contributed by atoms with Crippen LogP contribution >= 0.6 is 11.3 Å². The number of amides is 2. The van der Waals surface area contributed by atoms with Crippen molar-refractivity contribution in [2.75, 3.05) is 20.2 Å². The first-order chi connectivity index (χ1) is 23.3. The van der Waals surface area contributed by atoms with Crippen molar-refractivity contribution in [2.45, 2.75) is 64.1 Å². The van der Waals surface area contributed by atoms with Crippen molar-refractivity contribution in [3.05, 3.63) is 117 Å². The molecule has 0 spiro atoms. The highest BCUT2D eigenvalue weighted by Gasteiger charge is 2.39. The average Bonchev–Trinajstić information content (AvgIpc) is 3.78. The molecular weight excluding hydrogens is 623 g/mol. The molecule has 2 saturated heterocycles. The van der Waals surface area contributed by atoms with Gasteiger partial charge in [0.05, 0.1) is 25.2 Å². The second-order valence-corrected chi connectivity index (χ2v) is 13.9. The smallest absolute Gasteiger partial charge is 0.254 e. The number of likely N-dealkylation sites (tertiary alicyclic amines) is 2. The fraction of sp³-hybridized carbons (Fsp3) is 0.385. The van der Waals surface area contributed by atoms with E-state index in [2.05, 4.69) is 4.98 Å². The summed E-state index contributed by atoms with van der Waals surface area (Å²) in [4.78, 5) is 49.8. The molecular formula is C39H43N3O5S. The zero-order valence-corrected chi connectivity index (χ0v) is 28.4. The molecule has 0 radical (unpaired) electrons. The quantitative estimate of drug-likeness (QED) is 0.170. The lowest BCUT2D eigenvalue weighted by Crippen LogP contribution is -2.47. The number of nitrogens with zero attached hydrogens (tertiary/aromatic N) is 3. The molecule has 0 unspecified atom stereocenters. The summed E-state index contributed by atoms with van der Waals surface area (Å²) in [5, 5.41) is 14.8. The number of Topliss-reactive ketones (excluding diaryl/α,β-unsaturated/α-hetero) is 1. The molecule has 9 heteroatoms. The van der Waals surface area contributed by atoms with Crippen molar-refractivity contribution in [2.24, 2.45) is 11.8 Å². The monoisotopic (exact) mass is 665 g/mol. The SMILES string of the molecule is COc1cccc(CN2CCC[C@@H]([C@@H](O)[C@@H](CC(=O)c3cccc(C(=O)N4CCC[C@@H]4c4nc(C)cs4)c3)Cc3ccccc3)C2=O)c1. The largest absolute Gasteiger partial charge is 0.497 e. The van der Waals surface area contributed by atoms with E-state index in [1.54, 1.807) is 47.6 Å². The Labute approximate surface area is 286 Å². The van der Waals surface area contributed by atoms with Crippen molar-refractivity contribution in [1.82, 2.24) is 14.8 Å². The normalized spacial score (nSPS) is 19.3. The molecule has 0 aliphatic carbocycles. The van der Waals surface area contributed by atoms with E-state index in [1.807, 2.05) is 71.8 Å². The van der Waals surface area contributed by atoms with Gasteiger partial charge in [-0.05, 0) is 80.3 Å². The highest BCUT2D eigenvalue weighted by molar-refractivity contribution is 7.09. The number of methoxy groups -OCH3 is 1. The van der Waals surface area contributed by atoms with Gasteiger partial charge in [-0.25, -0.2) is 4.98 Å². The minimum Gasteiger partial charge on any atom is -0.497 e. The number of aliphatic hydroxyl groups is 1. The number of benzene rings is 3. The summed E-state index contributed by atoms with van der Waals surface area (Å²) < 4.78 is 5.36. The highest BCUT2D eigenvalue weighted by Crippen LogP contribution is 2.35. The number of aryl methyl sites for hydroxylation is 1. The molecule has 2 aliphatic rings. The van der Waals surface area contributed by atoms with Crippen LogP contribution in [-0.4, -0.2) is 63.8 Å². The predicted molar refractivity (Wildman–Crippen MR) is 186 cm³/mol. The number of ether oxygens (including phenoxy) is 1. The molecule has 2 fully saturated rings. The van der Waals surface area contributed by atoms with E-state index >= 15 is 0 Å². The molecule has 48 heavy (non-hydrogen) atoms. The van der Waals surface area contributed by atoms with Crippen LogP contribution in [0.1, 0.15) is 80.7 Å². The lowest BCUT2D eigenvalue weighted by Gasteiger charge is -2.37. The maximum atomic E-state index is 13.9. The second-order valence-electron chi connectivity index (χ2n) is 13.0. The van der Waals surface area contributed by atoms with Gasteiger partial charge in [0.2, 0.25) is 5.91 Å². The predicted octanol–water partition coefficient (Wildman–Crippen LogP) is 6.67. The molecule has 4 aromatic rings. The average molecular weight is 666 g/mol. The van der Waals surface area contributed by atoms with Gasteiger partial charge in [0, 0.05) is 48.3 Å². The molecule has 4 atom stereocenters. The Bertz CT molecular complexity index is 1740. The van der Waals surface area contributed by atoms with Gasteiger partial charge >= 0.3 is 0 Å². The second kappa shape index (κ2) is 15.3. The number of aliphatic hydroxyl groups excluding tert-OH is 1. The van der Waals surface area contributed by atoms with E-state index in [-0.39, 0.29) is 30.1 Å². The maximum absolute atomic E-state index is 13.9. The summed E-state index contributed by atoms with van der Waals surface area (Å²) in [6.45, 7) is 3.65. The minimum absolute atomic E-state index is 0.0537. The Hall–Kier alpha value is -4.34. The lowest BCUT2D eigenvalue weighted by atomic mass is 9.79. The van der Waals surface area contributed by atoms with Crippen molar-refractivity contribution < 1.29 is 24.2 Å². The van der Waals surface area contributed by atoms with E-state index in [0.717, 1.165) is 46.8 Å². The Balaban J connectivity index is 1.19. The van der Waals surface area contributed by atoms with Crippen LogP contribution in [0.4, 0.5) is 0 Å². The van der Waals surface area contributed by atoms with Gasteiger partial charge in [-0.15, -0.1) is 11.3 Å². The molecule has 2 amide bonds. The number of carbonyl (C=O) groups excluding carboxylic acids is 3. The van der Waals surface area contributed by atoms with Crippen LogP contribution in [-0.2, 0) is 17.8 Å². The third-order valence-electron chi connectivity index (χ3n) is 9.63. The first-order valence-corrected chi connectivity index (χ1v) is 17.7. The van der Waals surface area contributed by atoms with Crippen LogP contribution in [0.2, 0.25) is 0 Å². The Morgan fingerprint density at radius 3 is 2.48 bits per heavy atom. The maximum Gasteiger partial charge on any atom is 0.254 e. The molecule has 1 N–H and O–H groups in total. The number of rotatable bonds is 12. The lowest BCUT2D eigenvalue weighted by molar-refractivity contribution is -0.145. The van der Waals surface area contributed by atoms with Crippen LogP contribution in [0.15, 0.2) is 84.2 Å². The molecule has 0 saturated carbocycles. The fourth-order valence-corrected chi connectivity index (χ4v) is 8.08. The van der Waals surface area contributed by atoms with Gasteiger partial charge in [0.1, 0.15) is 10.8 Å². The third kappa shape index (κ3) is 7.69. The van der Waals surface area contributed by atoms with Crippen LogP contribution in [0, 0.1) is 18.8 Å². The highest BCUT2D eigenvalue weighted by atomic mass is 32.1. The number of thiazole rings is 1. The summed E-state index contributed by atoms with van der Waals surface area (Å²) in [5.74, 6) is -0.721. The Kier molecular flexibility index (Phi) is 10.7. The molecule has 3 aromatic carbocycles. The molecule has 3 heterocycles. The number of ketones is 1. The van der Waals surface area contributed by atoms with Gasteiger partial charge < -0.3 is 19.6 Å². The van der Waals surface area contributed by atoms with Crippen LogP contribution < -0.4 is 4.74 Å². The van der Waals surface area contributed by atoms with Gasteiger partial charge in [0.15, 0.2) is 5.78 Å². The minimum atomic E-state index is -1.01. The summed E-state index contributed by atoms with van der Waals surface area (Å²) in [7, 11) is 1.62. The van der Waals surface area contributed by atoms with E-state index in [4.69, 9.17) is 4.74 Å². The van der Waals surface area contributed by atoms with E-state index in [0.29, 0.717) is 43.6 Å². The standard InChI is InChI=1S/C39H43N3O5S/c1-26-25-48-37(40-26)34-17-9-19-42(34)38(45)30-14-7-13-29(22-30)35(43)23-31(20-27-10-4-3-5-11-27)36(44)33-16-8-18-41(39(33)46)24-28-12-6-15-32(21-28)47-2/h3-7,10-15,21-22,25,31,33-34,36,44H,8-9,16-20,23-24H2,1-2H3/t31-,33+,34-,36+/m1/s1. The number of aromatic nitrogens is 1. The number of hydrogen-bond donors (Lipinski definition) is 1. The van der Waals surface area contributed by atoms with Gasteiger partial charge in [-0.3, -0.25) is 14.4 Å². The van der Waals surface area contributed by atoms with Gasteiger partial charge in [-0.1, -0.05) is 54.6 Å². The third-order valence-corrected chi connectivity index (χ3v) is 10.7. The number of hydrogen-bond acceptors (Lipinski definition) is 7. The fourth-order valence-electron chi connectivity index (χ4n) is 7.13. The summed E-state index contributed by atoms with van der Waals surface area (Å²) in [6.07, 6.45) is 2.61. The van der Waals surface area contributed by atoms with Crippen LogP contribution in [0.3, 0.4) is 0 Å². The summed E-state index contributed by atoms with van der Waals surface area (Å²) >= 11 is 1.58. The van der Waals surface area contributed by atoms with Crippen molar-refractivity contribution in [1.29, 1.82) is 0 Å². The number of piperidine rings is 1. The molecule has 1 aromatic heterocycles. The van der Waals surface area contributed by atoms with E-state index in [1.165, 1.54) is 0 Å². The molecule has 0 bridgehead atoms. The van der Waals surface area contributed by atoms with Crippen molar-refractivity contribution in [3.63, 3.8) is 0 Å². The van der Waals surface area contributed by atoms with Crippen molar-refractivity contribution in [3.8, 4) is 5.75 Å². The Morgan fingerprint density at radius 2 is 1.71 bits per heavy atom. The topological polar surface area (TPSA) is 100 Å². The van der Waals surface area contributed by atoms with E-state index in [9.17, 15) is 19.5 Å². The first-order valence-electron chi connectivity index (χ1n) is 16.8. The summed E-state index contributed by atoms with van der Waals surface area (Å²) in [5.41, 5.74) is 3.81. The van der Waals surface area contributed by atoms with E-state index < -0.39 is 17.9 Å². The summed E-state index contributed by atoms with van der Waals surface area (Å²) in [6, 6.07) is 24.3. The van der Waals surface area contributed by atoms with Gasteiger partial charge in [-0.2, -0.15) is 0 Å².